The van der Waals surface area contributed by atoms with Crippen LogP contribution >= 0.6 is 0 Å². The van der Waals surface area contributed by atoms with Crippen LogP contribution in [0.1, 0.15) is 26.3 Å². The average Bonchev–Trinajstić information content (AvgIpc) is 2.47. The average molecular weight is 342 g/mol. The Morgan fingerprint density at radius 3 is 2.26 bits per heavy atom. The minimum absolute atomic E-state index is 0.105. The predicted molar refractivity (Wildman–Crippen MR) is 85.9 cm³/mol. The quantitative estimate of drug-likeness (QED) is 0.651. The lowest BCUT2D eigenvalue weighted by Crippen LogP contribution is -2.65. The number of ether oxygens (including phenoxy) is 2. The largest absolute Gasteiger partial charge is 0.343 e. The maximum atomic E-state index is 12.4. The third-order valence-electron chi connectivity index (χ3n) is 4.03. The lowest BCUT2D eigenvalue weighted by atomic mass is 9.93. The van der Waals surface area contributed by atoms with Crippen LogP contribution in [-0.4, -0.2) is 39.7 Å². The third kappa shape index (κ3) is 3.95. The summed E-state index contributed by atoms with van der Waals surface area (Å²) in [4.78, 5) is 11.8. The van der Waals surface area contributed by atoms with E-state index in [9.17, 15) is 14.3 Å². The summed E-state index contributed by atoms with van der Waals surface area (Å²) >= 11 is 0. The van der Waals surface area contributed by atoms with Gasteiger partial charge in [-0.15, -0.1) is 0 Å². The van der Waals surface area contributed by atoms with Crippen molar-refractivity contribution < 1.29 is 18.6 Å². The monoisotopic (exact) mass is 342 g/mol. The van der Waals surface area contributed by atoms with E-state index in [1.54, 1.807) is 32.9 Å². The van der Waals surface area contributed by atoms with E-state index in [4.69, 9.17) is 9.47 Å². The van der Waals surface area contributed by atoms with E-state index in [0.717, 1.165) is 5.56 Å². The highest BCUT2D eigenvalue weighted by Crippen LogP contribution is 2.28. The molecule has 2 atom stereocenters. The molecule has 1 N–H and O–H groups in total. The Morgan fingerprint density at radius 1 is 1.26 bits per heavy atom. The van der Waals surface area contributed by atoms with Crippen LogP contribution in [0, 0.1) is 17.0 Å². The number of nitro groups is 1. The summed E-state index contributed by atoms with van der Waals surface area (Å²) in [5.74, 6) is -0.852. The van der Waals surface area contributed by atoms with E-state index >= 15 is 0 Å². The van der Waals surface area contributed by atoms with Gasteiger partial charge in [-0.1, -0.05) is 17.7 Å². The fraction of sp³-hybridized carbons (Fsp3) is 0.600. The van der Waals surface area contributed by atoms with E-state index in [2.05, 4.69) is 4.72 Å². The van der Waals surface area contributed by atoms with Crippen molar-refractivity contribution in [3.8, 4) is 0 Å². The second-order valence-corrected chi connectivity index (χ2v) is 7.50. The SMILES string of the molecule is Cc1ccc(S(=O)NC(C)C2([N+](=O)[O-])COC(C)(C)OC2)cc1. The molecule has 0 radical (unpaired) electrons. The van der Waals surface area contributed by atoms with Crippen LogP contribution < -0.4 is 4.72 Å². The van der Waals surface area contributed by atoms with Crippen molar-refractivity contribution in [3.63, 3.8) is 0 Å². The molecule has 1 heterocycles. The Bertz CT molecular complexity index is 592. The molecular weight excluding hydrogens is 320 g/mol. The number of hydrogen-bond donors (Lipinski definition) is 1. The molecule has 23 heavy (non-hydrogen) atoms. The zero-order valence-corrected chi connectivity index (χ0v) is 14.5. The molecule has 2 rings (SSSR count). The number of aryl methyl sites for hydroxylation is 1. The van der Waals surface area contributed by atoms with Crippen LogP contribution in [-0.2, 0) is 20.5 Å². The van der Waals surface area contributed by atoms with E-state index in [-0.39, 0.29) is 13.2 Å². The molecule has 0 aliphatic carbocycles. The Labute approximate surface area is 138 Å². The molecule has 1 aliphatic rings. The Morgan fingerprint density at radius 2 is 1.78 bits per heavy atom. The van der Waals surface area contributed by atoms with Crippen molar-refractivity contribution >= 4 is 11.0 Å². The van der Waals surface area contributed by atoms with Gasteiger partial charge in [0.1, 0.15) is 24.2 Å². The molecule has 7 nitrogen and oxygen atoms in total. The summed E-state index contributed by atoms with van der Waals surface area (Å²) in [6.45, 7) is 6.76. The van der Waals surface area contributed by atoms with Crippen molar-refractivity contribution in [1.82, 2.24) is 4.72 Å². The normalized spacial score (nSPS) is 22.3. The zero-order valence-electron chi connectivity index (χ0n) is 13.7. The molecule has 1 aromatic rings. The van der Waals surface area contributed by atoms with Crippen molar-refractivity contribution in [2.24, 2.45) is 0 Å². The van der Waals surface area contributed by atoms with Gasteiger partial charge >= 0.3 is 0 Å². The minimum Gasteiger partial charge on any atom is -0.343 e. The summed E-state index contributed by atoms with van der Waals surface area (Å²) < 4.78 is 26.1. The number of nitrogens with zero attached hydrogens (tertiary/aromatic N) is 1. The highest BCUT2D eigenvalue weighted by molar-refractivity contribution is 7.83. The van der Waals surface area contributed by atoms with Crippen LogP contribution in [0.2, 0.25) is 0 Å². The first-order valence-corrected chi connectivity index (χ1v) is 8.48. The third-order valence-corrected chi connectivity index (χ3v) is 5.30. The maximum absolute atomic E-state index is 12.4. The van der Waals surface area contributed by atoms with E-state index in [1.807, 2.05) is 19.1 Å². The fourth-order valence-electron chi connectivity index (χ4n) is 2.19. The molecule has 128 valence electrons. The van der Waals surface area contributed by atoms with Crippen LogP contribution in [0.15, 0.2) is 29.2 Å². The highest BCUT2D eigenvalue weighted by atomic mass is 32.2. The van der Waals surface area contributed by atoms with Crippen LogP contribution in [0.25, 0.3) is 0 Å². The minimum atomic E-state index is -1.55. The number of nitrogens with one attached hydrogen (secondary N) is 1. The Balaban J connectivity index is 2.13. The van der Waals surface area contributed by atoms with Crippen LogP contribution in [0.5, 0.6) is 0 Å². The molecule has 1 fully saturated rings. The second-order valence-electron chi connectivity index (χ2n) is 6.26. The van der Waals surface area contributed by atoms with Crippen molar-refractivity contribution in [2.75, 3.05) is 13.2 Å². The molecule has 0 saturated carbocycles. The van der Waals surface area contributed by atoms with Gasteiger partial charge in [0.25, 0.3) is 5.54 Å². The van der Waals surface area contributed by atoms with Gasteiger partial charge in [-0.3, -0.25) is 10.1 Å². The molecule has 1 saturated heterocycles. The predicted octanol–water partition coefficient (Wildman–Crippen LogP) is 1.79. The topological polar surface area (TPSA) is 90.7 Å². The summed E-state index contributed by atoms with van der Waals surface area (Å²) in [6, 6.07) is 6.47. The molecule has 1 aliphatic heterocycles. The Hall–Kier alpha value is -1.35. The number of benzene rings is 1. The van der Waals surface area contributed by atoms with Gasteiger partial charge in [-0.2, -0.15) is 0 Å². The summed E-state index contributed by atoms with van der Waals surface area (Å²) in [5, 5.41) is 11.6. The highest BCUT2D eigenvalue weighted by Gasteiger charge is 2.54. The molecule has 0 aromatic heterocycles. The van der Waals surface area contributed by atoms with Gasteiger partial charge in [-0.05, 0) is 39.8 Å². The fourth-order valence-corrected chi connectivity index (χ4v) is 3.25. The molecular formula is C15H22N2O5S. The van der Waals surface area contributed by atoms with Crippen molar-refractivity contribution in [3.05, 3.63) is 39.9 Å². The van der Waals surface area contributed by atoms with Gasteiger partial charge < -0.3 is 9.47 Å². The van der Waals surface area contributed by atoms with Gasteiger partial charge in [-0.25, -0.2) is 8.93 Å². The van der Waals surface area contributed by atoms with E-state index in [1.165, 1.54) is 0 Å². The zero-order chi connectivity index (χ0) is 17.3. The summed E-state index contributed by atoms with van der Waals surface area (Å²) in [7, 11) is -1.55. The molecule has 2 unspecified atom stereocenters. The van der Waals surface area contributed by atoms with Gasteiger partial charge in [0.05, 0.1) is 10.9 Å². The maximum Gasteiger partial charge on any atom is 0.283 e. The van der Waals surface area contributed by atoms with Gasteiger partial charge in [0, 0.05) is 4.92 Å². The molecule has 8 heteroatoms. The standard InChI is InChI=1S/C15H22N2O5S/c1-11-5-7-13(8-6-11)23(20)16-12(2)15(17(18)19)9-21-14(3,4)22-10-15/h5-8,12,16H,9-10H2,1-4H3. The van der Waals surface area contributed by atoms with E-state index in [0.29, 0.717) is 4.90 Å². The molecule has 0 bridgehead atoms. The van der Waals surface area contributed by atoms with Crippen LogP contribution in [0.4, 0.5) is 0 Å². The summed E-state index contributed by atoms with van der Waals surface area (Å²) in [5.41, 5.74) is -0.424. The van der Waals surface area contributed by atoms with Crippen molar-refractivity contribution in [2.45, 2.75) is 50.0 Å². The first-order valence-electron chi connectivity index (χ1n) is 7.33. The van der Waals surface area contributed by atoms with E-state index < -0.39 is 33.3 Å². The van der Waals surface area contributed by atoms with Crippen LogP contribution in [0.3, 0.4) is 0 Å². The van der Waals surface area contributed by atoms with Gasteiger partial charge in [0.2, 0.25) is 0 Å². The Kier molecular flexibility index (Phi) is 5.20. The lowest BCUT2D eigenvalue weighted by Gasteiger charge is -2.40. The first kappa shape index (κ1) is 18.0. The number of rotatable bonds is 5. The smallest absolute Gasteiger partial charge is 0.283 e. The molecule has 1 aromatic carbocycles. The number of hydrogen-bond acceptors (Lipinski definition) is 5. The lowest BCUT2D eigenvalue weighted by molar-refractivity contribution is -0.599. The summed E-state index contributed by atoms with van der Waals surface area (Å²) in [6.07, 6.45) is 0. The second kappa shape index (κ2) is 6.64. The first-order chi connectivity index (χ1) is 10.7. The van der Waals surface area contributed by atoms with Gasteiger partial charge in [0.15, 0.2) is 5.79 Å². The molecule has 0 spiro atoms. The van der Waals surface area contributed by atoms with Crippen molar-refractivity contribution in [1.29, 1.82) is 0 Å². The molecule has 0 amide bonds.